The minimum atomic E-state index is -0.130. The van der Waals surface area contributed by atoms with Crippen molar-refractivity contribution in [2.24, 2.45) is 5.92 Å². The monoisotopic (exact) mass is 171 g/mol. The van der Waals surface area contributed by atoms with Gasteiger partial charge in [-0.3, -0.25) is 4.79 Å². The SMILES string of the molecule is CCOC(=O)CCC(C)CC=N. The van der Waals surface area contributed by atoms with Crippen molar-refractivity contribution in [2.45, 2.75) is 33.1 Å². The third-order valence-corrected chi connectivity index (χ3v) is 1.67. The number of hydrogen-bond donors (Lipinski definition) is 1. The fraction of sp³-hybridized carbons (Fsp3) is 0.778. The lowest BCUT2D eigenvalue weighted by molar-refractivity contribution is -0.143. The van der Waals surface area contributed by atoms with E-state index in [-0.39, 0.29) is 5.97 Å². The maximum Gasteiger partial charge on any atom is 0.305 e. The number of carbonyl (C=O) groups is 1. The molecule has 0 rings (SSSR count). The summed E-state index contributed by atoms with van der Waals surface area (Å²) >= 11 is 0. The van der Waals surface area contributed by atoms with E-state index in [9.17, 15) is 4.79 Å². The fourth-order valence-electron chi connectivity index (χ4n) is 0.916. The summed E-state index contributed by atoms with van der Waals surface area (Å²) in [5.41, 5.74) is 0. The molecule has 0 fully saturated rings. The van der Waals surface area contributed by atoms with Gasteiger partial charge in [0.05, 0.1) is 6.61 Å². The first-order valence-corrected chi connectivity index (χ1v) is 4.35. The van der Waals surface area contributed by atoms with Gasteiger partial charge in [-0.05, 0) is 31.9 Å². The van der Waals surface area contributed by atoms with Crippen molar-refractivity contribution in [1.29, 1.82) is 5.41 Å². The van der Waals surface area contributed by atoms with Gasteiger partial charge in [-0.15, -0.1) is 0 Å². The third-order valence-electron chi connectivity index (χ3n) is 1.67. The molecule has 12 heavy (non-hydrogen) atoms. The summed E-state index contributed by atoms with van der Waals surface area (Å²) in [6, 6.07) is 0. The van der Waals surface area contributed by atoms with E-state index in [1.807, 2.05) is 6.92 Å². The van der Waals surface area contributed by atoms with Crippen LogP contribution in [0.2, 0.25) is 0 Å². The molecular weight excluding hydrogens is 154 g/mol. The topological polar surface area (TPSA) is 50.2 Å². The van der Waals surface area contributed by atoms with Gasteiger partial charge < -0.3 is 10.1 Å². The normalized spacial score (nSPS) is 12.2. The van der Waals surface area contributed by atoms with Crippen LogP contribution in [0, 0.1) is 11.3 Å². The third kappa shape index (κ3) is 5.89. The van der Waals surface area contributed by atoms with Crippen molar-refractivity contribution in [3.63, 3.8) is 0 Å². The van der Waals surface area contributed by atoms with Gasteiger partial charge in [0, 0.05) is 6.42 Å². The largest absolute Gasteiger partial charge is 0.466 e. The van der Waals surface area contributed by atoms with Crippen molar-refractivity contribution in [1.82, 2.24) is 0 Å². The van der Waals surface area contributed by atoms with Crippen LogP contribution in [0.1, 0.15) is 33.1 Å². The van der Waals surface area contributed by atoms with E-state index in [0.717, 1.165) is 12.8 Å². The smallest absolute Gasteiger partial charge is 0.305 e. The number of carbonyl (C=O) groups excluding carboxylic acids is 1. The zero-order valence-electron chi connectivity index (χ0n) is 7.80. The average Bonchev–Trinajstić information content (AvgIpc) is 2.02. The molecule has 0 saturated heterocycles. The molecule has 1 N–H and O–H groups in total. The van der Waals surface area contributed by atoms with E-state index >= 15 is 0 Å². The van der Waals surface area contributed by atoms with E-state index < -0.39 is 0 Å². The van der Waals surface area contributed by atoms with Gasteiger partial charge in [0.25, 0.3) is 0 Å². The molecule has 0 spiro atoms. The number of nitrogens with one attached hydrogen (secondary N) is 1. The molecular formula is C9H17NO2. The first-order chi connectivity index (χ1) is 5.70. The molecule has 3 nitrogen and oxygen atoms in total. The molecule has 1 unspecified atom stereocenters. The minimum Gasteiger partial charge on any atom is -0.466 e. The lowest BCUT2D eigenvalue weighted by Crippen LogP contribution is -2.06. The molecule has 0 amide bonds. The Bertz CT molecular complexity index is 145. The number of esters is 1. The average molecular weight is 171 g/mol. The zero-order chi connectivity index (χ0) is 9.40. The molecule has 0 radical (unpaired) electrons. The van der Waals surface area contributed by atoms with E-state index in [1.54, 1.807) is 6.92 Å². The summed E-state index contributed by atoms with van der Waals surface area (Å²) < 4.78 is 4.77. The predicted molar refractivity (Wildman–Crippen MR) is 48.4 cm³/mol. The van der Waals surface area contributed by atoms with Crippen molar-refractivity contribution < 1.29 is 9.53 Å². The second-order valence-electron chi connectivity index (χ2n) is 2.89. The van der Waals surface area contributed by atoms with Crippen LogP contribution in [0.25, 0.3) is 0 Å². The summed E-state index contributed by atoms with van der Waals surface area (Å²) in [5, 5.41) is 6.86. The van der Waals surface area contributed by atoms with Crippen molar-refractivity contribution in [3.8, 4) is 0 Å². The second kappa shape index (κ2) is 6.83. The maximum absolute atomic E-state index is 10.9. The molecule has 0 aromatic rings. The Labute approximate surface area is 73.6 Å². The summed E-state index contributed by atoms with van der Waals surface area (Å²) in [7, 11) is 0. The molecule has 3 heteroatoms. The van der Waals surface area contributed by atoms with Crippen LogP contribution in [0.4, 0.5) is 0 Å². The molecule has 0 aliphatic heterocycles. The zero-order valence-corrected chi connectivity index (χ0v) is 7.80. The summed E-state index contributed by atoms with van der Waals surface area (Å²) in [6.07, 6.45) is 3.42. The lowest BCUT2D eigenvalue weighted by atomic mass is 10.0. The van der Waals surface area contributed by atoms with Gasteiger partial charge in [-0.2, -0.15) is 0 Å². The maximum atomic E-state index is 10.9. The molecule has 1 atom stereocenters. The fourth-order valence-corrected chi connectivity index (χ4v) is 0.916. The Morgan fingerprint density at radius 1 is 1.67 bits per heavy atom. The van der Waals surface area contributed by atoms with Gasteiger partial charge in [0.1, 0.15) is 0 Å². The highest BCUT2D eigenvalue weighted by molar-refractivity contribution is 5.69. The highest BCUT2D eigenvalue weighted by Crippen LogP contribution is 2.08. The van der Waals surface area contributed by atoms with Crippen LogP contribution < -0.4 is 0 Å². The van der Waals surface area contributed by atoms with Crippen LogP contribution in [0.3, 0.4) is 0 Å². The Balaban J connectivity index is 3.39. The van der Waals surface area contributed by atoms with E-state index in [4.69, 9.17) is 10.1 Å². The van der Waals surface area contributed by atoms with Crippen LogP contribution >= 0.6 is 0 Å². The Kier molecular flexibility index (Phi) is 6.34. The first-order valence-electron chi connectivity index (χ1n) is 4.35. The molecule has 0 aliphatic carbocycles. The van der Waals surface area contributed by atoms with E-state index in [2.05, 4.69) is 0 Å². The quantitative estimate of drug-likeness (QED) is 0.491. The van der Waals surface area contributed by atoms with Gasteiger partial charge in [0.15, 0.2) is 0 Å². The summed E-state index contributed by atoms with van der Waals surface area (Å²) in [6.45, 7) is 4.29. The minimum absolute atomic E-state index is 0.130. The molecule has 0 aliphatic rings. The number of hydrogen-bond acceptors (Lipinski definition) is 3. The molecule has 0 aromatic heterocycles. The van der Waals surface area contributed by atoms with Crippen LogP contribution in [0.5, 0.6) is 0 Å². The van der Waals surface area contributed by atoms with Crippen molar-refractivity contribution in [2.75, 3.05) is 6.61 Å². The standard InChI is InChI=1S/C9H17NO2/c1-3-12-9(11)5-4-8(2)6-7-10/h7-8,10H,3-6H2,1-2H3. The molecule has 0 bridgehead atoms. The van der Waals surface area contributed by atoms with Gasteiger partial charge in [-0.1, -0.05) is 6.92 Å². The Morgan fingerprint density at radius 3 is 2.83 bits per heavy atom. The van der Waals surface area contributed by atoms with Crippen LogP contribution in [-0.4, -0.2) is 18.8 Å². The first kappa shape index (κ1) is 11.1. The van der Waals surface area contributed by atoms with E-state index in [0.29, 0.717) is 18.9 Å². The van der Waals surface area contributed by atoms with E-state index in [1.165, 1.54) is 6.21 Å². The number of rotatable bonds is 6. The number of ether oxygens (including phenoxy) is 1. The molecule has 0 heterocycles. The molecule has 70 valence electrons. The van der Waals surface area contributed by atoms with Crippen LogP contribution in [0.15, 0.2) is 0 Å². The van der Waals surface area contributed by atoms with Gasteiger partial charge in [0.2, 0.25) is 0 Å². The molecule has 0 saturated carbocycles. The van der Waals surface area contributed by atoms with Gasteiger partial charge >= 0.3 is 5.97 Å². The Morgan fingerprint density at radius 2 is 2.33 bits per heavy atom. The molecule has 0 aromatic carbocycles. The van der Waals surface area contributed by atoms with Gasteiger partial charge in [-0.25, -0.2) is 0 Å². The Hall–Kier alpha value is -0.860. The second-order valence-corrected chi connectivity index (χ2v) is 2.89. The van der Waals surface area contributed by atoms with Crippen molar-refractivity contribution >= 4 is 12.2 Å². The summed E-state index contributed by atoms with van der Waals surface area (Å²) in [5.74, 6) is 0.279. The predicted octanol–water partition coefficient (Wildman–Crippen LogP) is 2.01. The lowest BCUT2D eigenvalue weighted by Gasteiger charge is -2.06. The summed E-state index contributed by atoms with van der Waals surface area (Å²) in [4.78, 5) is 10.9. The van der Waals surface area contributed by atoms with Crippen molar-refractivity contribution in [3.05, 3.63) is 0 Å². The highest BCUT2D eigenvalue weighted by atomic mass is 16.5. The van der Waals surface area contributed by atoms with Crippen LogP contribution in [-0.2, 0) is 9.53 Å². The highest BCUT2D eigenvalue weighted by Gasteiger charge is 2.05.